The first-order valence-corrected chi connectivity index (χ1v) is 8.86. The Balaban J connectivity index is 1.61. The predicted octanol–water partition coefficient (Wildman–Crippen LogP) is 2.36. The number of aromatic nitrogens is 1. The lowest BCUT2D eigenvalue weighted by Gasteiger charge is -2.02. The standard InChI is InChI=1S/C17H10FN3O4S/c18-11-5-3-4-10(8-11)13-9-14(25-20-13)17(22)19-16-12-6-1-2-7-15(12)26(23,24)21-16/h1-9H,(H,19,21,22). The number of halogens is 1. The largest absolute Gasteiger partial charge is 0.350 e. The predicted molar refractivity (Wildman–Crippen MR) is 89.5 cm³/mol. The molecule has 0 spiro atoms. The molecule has 2 heterocycles. The molecular formula is C17H10FN3O4S. The summed E-state index contributed by atoms with van der Waals surface area (Å²) in [7, 11) is -3.84. The molecule has 0 atom stereocenters. The van der Waals surface area contributed by atoms with Crippen molar-refractivity contribution in [1.82, 2.24) is 10.5 Å². The molecule has 1 aromatic heterocycles. The highest BCUT2D eigenvalue weighted by atomic mass is 32.2. The molecule has 0 bridgehead atoms. The van der Waals surface area contributed by atoms with Crippen molar-refractivity contribution in [3.05, 3.63) is 71.7 Å². The van der Waals surface area contributed by atoms with Gasteiger partial charge in [0.15, 0.2) is 5.84 Å². The Kier molecular flexibility index (Phi) is 3.66. The third-order valence-corrected chi connectivity index (χ3v) is 5.05. The van der Waals surface area contributed by atoms with Crippen LogP contribution in [0.4, 0.5) is 4.39 Å². The van der Waals surface area contributed by atoms with Crippen LogP contribution in [0.5, 0.6) is 0 Å². The second kappa shape index (κ2) is 5.88. The second-order valence-electron chi connectivity index (χ2n) is 5.45. The van der Waals surface area contributed by atoms with E-state index in [0.29, 0.717) is 11.1 Å². The van der Waals surface area contributed by atoms with Crippen LogP contribution in [0, 0.1) is 5.82 Å². The third-order valence-electron chi connectivity index (χ3n) is 3.72. The number of hydrogen-bond acceptors (Lipinski definition) is 5. The summed E-state index contributed by atoms with van der Waals surface area (Å²) in [6, 6.07) is 13.1. The van der Waals surface area contributed by atoms with Crippen LogP contribution >= 0.6 is 0 Å². The first-order chi connectivity index (χ1) is 12.4. The second-order valence-corrected chi connectivity index (χ2v) is 7.02. The van der Waals surface area contributed by atoms with Crippen LogP contribution in [0.2, 0.25) is 0 Å². The Morgan fingerprint density at radius 1 is 1.08 bits per heavy atom. The fourth-order valence-electron chi connectivity index (χ4n) is 2.53. The Morgan fingerprint density at radius 2 is 1.88 bits per heavy atom. The van der Waals surface area contributed by atoms with Crippen LogP contribution in [0.3, 0.4) is 0 Å². The van der Waals surface area contributed by atoms with Crippen LogP contribution in [0.25, 0.3) is 11.3 Å². The molecule has 26 heavy (non-hydrogen) atoms. The van der Waals surface area contributed by atoms with Gasteiger partial charge in [0, 0.05) is 17.2 Å². The average molecular weight is 371 g/mol. The maximum atomic E-state index is 13.3. The van der Waals surface area contributed by atoms with Gasteiger partial charge in [0.1, 0.15) is 16.4 Å². The molecule has 1 aliphatic heterocycles. The maximum Gasteiger partial charge on any atom is 0.295 e. The molecule has 2 aromatic carbocycles. The van der Waals surface area contributed by atoms with Crippen molar-refractivity contribution in [3.8, 4) is 11.3 Å². The molecule has 4 rings (SSSR count). The lowest BCUT2D eigenvalue weighted by Crippen LogP contribution is -2.30. The molecule has 1 aliphatic rings. The lowest BCUT2D eigenvalue weighted by molar-refractivity contribution is 0.0941. The van der Waals surface area contributed by atoms with Crippen molar-refractivity contribution in [1.29, 1.82) is 0 Å². The van der Waals surface area contributed by atoms with Crippen LogP contribution in [0.15, 0.2) is 68.4 Å². The summed E-state index contributed by atoms with van der Waals surface area (Å²) in [5.41, 5.74) is 1.01. The van der Waals surface area contributed by atoms with Gasteiger partial charge in [-0.25, -0.2) is 4.39 Å². The van der Waals surface area contributed by atoms with Crippen molar-refractivity contribution in [2.75, 3.05) is 0 Å². The smallest absolute Gasteiger partial charge is 0.295 e. The van der Waals surface area contributed by atoms with E-state index in [-0.39, 0.29) is 22.2 Å². The Labute approximate surface area is 147 Å². The molecule has 9 heteroatoms. The van der Waals surface area contributed by atoms with Gasteiger partial charge in [0.05, 0.1) is 0 Å². The summed E-state index contributed by atoms with van der Waals surface area (Å²) in [6.45, 7) is 0. The number of carbonyl (C=O) groups is 1. The van der Waals surface area contributed by atoms with Crippen molar-refractivity contribution >= 4 is 21.8 Å². The summed E-state index contributed by atoms with van der Waals surface area (Å²) in [5, 5.41) is 6.14. The van der Waals surface area contributed by atoms with E-state index in [4.69, 9.17) is 4.52 Å². The minimum Gasteiger partial charge on any atom is -0.350 e. The van der Waals surface area contributed by atoms with Crippen molar-refractivity contribution in [2.24, 2.45) is 4.40 Å². The summed E-state index contributed by atoms with van der Waals surface area (Å²) in [4.78, 5) is 12.4. The van der Waals surface area contributed by atoms with Gasteiger partial charge >= 0.3 is 0 Å². The van der Waals surface area contributed by atoms with Gasteiger partial charge in [0.2, 0.25) is 5.76 Å². The minimum atomic E-state index is -3.84. The third kappa shape index (κ3) is 2.78. The van der Waals surface area contributed by atoms with E-state index in [0.717, 1.165) is 0 Å². The highest BCUT2D eigenvalue weighted by molar-refractivity contribution is 7.90. The molecule has 0 fully saturated rings. The minimum absolute atomic E-state index is 0.0216. The first kappa shape index (κ1) is 16.2. The summed E-state index contributed by atoms with van der Waals surface area (Å²) < 4.78 is 45.8. The van der Waals surface area contributed by atoms with Crippen LogP contribution in [-0.2, 0) is 10.0 Å². The first-order valence-electron chi connectivity index (χ1n) is 7.42. The van der Waals surface area contributed by atoms with E-state index in [1.165, 1.54) is 36.4 Å². The molecule has 0 saturated carbocycles. The van der Waals surface area contributed by atoms with Crippen LogP contribution in [0.1, 0.15) is 16.1 Å². The highest BCUT2D eigenvalue weighted by Crippen LogP contribution is 2.25. The van der Waals surface area contributed by atoms with Crippen molar-refractivity contribution in [2.45, 2.75) is 4.90 Å². The summed E-state index contributed by atoms with van der Waals surface area (Å²) >= 11 is 0. The van der Waals surface area contributed by atoms with Gasteiger partial charge < -0.3 is 9.84 Å². The average Bonchev–Trinajstić information content (AvgIpc) is 3.19. The summed E-state index contributed by atoms with van der Waals surface area (Å²) in [5.74, 6) is -1.41. The fraction of sp³-hybridized carbons (Fsp3) is 0. The number of rotatable bonds is 2. The number of benzene rings is 2. The SMILES string of the molecule is O=C(NC1=NS(=O)(=O)c2ccccc21)c1cc(-c2cccc(F)c2)no1. The lowest BCUT2D eigenvalue weighted by atomic mass is 10.1. The number of amidine groups is 1. The number of sulfonamides is 1. The number of carbonyl (C=O) groups excluding carboxylic acids is 1. The van der Waals surface area contributed by atoms with Gasteiger partial charge in [-0.05, 0) is 24.3 Å². The van der Waals surface area contributed by atoms with E-state index < -0.39 is 21.7 Å². The number of hydrogen-bond donors (Lipinski definition) is 1. The van der Waals surface area contributed by atoms with E-state index in [1.807, 2.05) is 0 Å². The Hall–Kier alpha value is -3.33. The molecule has 1 amide bonds. The van der Waals surface area contributed by atoms with Crippen molar-refractivity contribution < 1.29 is 22.1 Å². The van der Waals surface area contributed by atoms with Crippen molar-refractivity contribution in [3.63, 3.8) is 0 Å². The van der Waals surface area contributed by atoms with E-state index in [2.05, 4.69) is 14.9 Å². The number of nitrogens with zero attached hydrogens (tertiary/aromatic N) is 2. The molecule has 0 unspecified atom stereocenters. The Bertz CT molecular complexity index is 1170. The van der Waals surface area contributed by atoms with Gasteiger partial charge in [0.25, 0.3) is 15.9 Å². The van der Waals surface area contributed by atoms with E-state index in [9.17, 15) is 17.6 Å². The van der Waals surface area contributed by atoms with E-state index in [1.54, 1.807) is 18.2 Å². The van der Waals surface area contributed by atoms with Gasteiger partial charge in [-0.15, -0.1) is 4.40 Å². The number of amides is 1. The molecule has 0 radical (unpaired) electrons. The van der Waals surface area contributed by atoms with Crippen LogP contribution < -0.4 is 5.32 Å². The van der Waals surface area contributed by atoms with E-state index >= 15 is 0 Å². The fourth-order valence-corrected chi connectivity index (χ4v) is 3.71. The molecule has 0 aliphatic carbocycles. The topological polar surface area (TPSA) is 102 Å². The molecule has 1 N–H and O–H groups in total. The normalized spacial score (nSPS) is 14.6. The zero-order valence-corrected chi connectivity index (χ0v) is 13.8. The molecule has 7 nitrogen and oxygen atoms in total. The molecular weight excluding hydrogens is 361 g/mol. The zero-order chi connectivity index (χ0) is 18.3. The summed E-state index contributed by atoms with van der Waals surface area (Å²) in [6.07, 6.45) is 0. The maximum absolute atomic E-state index is 13.3. The zero-order valence-electron chi connectivity index (χ0n) is 13.0. The molecule has 130 valence electrons. The quantitative estimate of drug-likeness (QED) is 0.745. The van der Waals surface area contributed by atoms with Gasteiger partial charge in [-0.2, -0.15) is 8.42 Å². The number of fused-ring (bicyclic) bond motifs is 1. The van der Waals surface area contributed by atoms with Crippen LogP contribution in [-0.4, -0.2) is 25.3 Å². The molecule has 0 saturated heterocycles. The number of nitrogens with one attached hydrogen (secondary N) is 1. The monoisotopic (exact) mass is 371 g/mol. The molecule has 3 aromatic rings. The van der Waals surface area contributed by atoms with Gasteiger partial charge in [-0.1, -0.05) is 29.4 Å². The van der Waals surface area contributed by atoms with Gasteiger partial charge in [-0.3, -0.25) is 4.79 Å². The highest BCUT2D eigenvalue weighted by Gasteiger charge is 2.30. The Morgan fingerprint density at radius 3 is 2.69 bits per heavy atom.